The molecule has 1 fully saturated rings. The van der Waals surface area contributed by atoms with Gasteiger partial charge in [0, 0.05) is 17.8 Å². The molecule has 0 saturated heterocycles. The first-order chi connectivity index (χ1) is 10.9. The molecule has 0 amide bonds. The fourth-order valence-corrected chi connectivity index (χ4v) is 3.60. The standard InChI is InChI=1S/C20H29NO2/c1-15-10-12-20(3,13-11-15)14-16(2)21-18-7-4-17(5-8-18)6-9-19(22)23/h4-9,15-16,21H,10-14H2,1-3H3,(H,22,23). The maximum atomic E-state index is 10.5. The van der Waals surface area contributed by atoms with Gasteiger partial charge in [0.25, 0.3) is 0 Å². The summed E-state index contributed by atoms with van der Waals surface area (Å²) in [5.74, 6) is -0.0337. The van der Waals surface area contributed by atoms with Crippen LogP contribution in [0, 0.1) is 11.3 Å². The van der Waals surface area contributed by atoms with Crippen LogP contribution in [0.15, 0.2) is 30.3 Å². The lowest BCUT2D eigenvalue weighted by atomic mass is 9.69. The minimum absolute atomic E-state index is 0.439. The molecule has 3 heteroatoms. The first-order valence-corrected chi connectivity index (χ1v) is 8.64. The zero-order chi connectivity index (χ0) is 16.9. The molecule has 0 bridgehead atoms. The molecule has 23 heavy (non-hydrogen) atoms. The van der Waals surface area contributed by atoms with Crippen LogP contribution in [0.1, 0.15) is 58.4 Å². The third-order valence-corrected chi connectivity index (χ3v) is 5.02. The normalized spacial score (nSPS) is 26.1. The van der Waals surface area contributed by atoms with Gasteiger partial charge in [0.15, 0.2) is 0 Å². The van der Waals surface area contributed by atoms with Crippen LogP contribution in [0.3, 0.4) is 0 Å². The third kappa shape index (κ3) is 5.74. The fraction of sp³-hybridized carbons (Fsp3) is 0.550. The van der Waals surface area contributed by atoms with E-state index in [1.54, 1.807) is 6.08 Å². The molecule has 0 aliphatic heterocycles. The SMILES string of the molecule is CC1CCC(C)(CC(C)Nc2ccc(C=CC(=O)O)cc2)CC1. The molecule has 1 aromatic rings. The van der Waals surface area contributed by atoms with E-state index in [4.69, 9.17) is 5.11 Å². The summed E-state index contributed by atoms with van der Waals surface area (Å²) in [6, 6.07) is 8.36. The summed E-state index contributed by atoms with van der Waals surface area (Å²) in [7, 11) is 0. The molecule has 0 aromatic heterocycles. The van der Waals surface area contributed by atoms with Gasteiger partial charge in [0.05, 0.1) is 0 Å². The second kappa shape index (κ2) is 7.67. The molecular weight excluding hydrogens is 286 g/mol. The molecule has 0 heterocycles. The Morgan fingerprint density at radius 3 is 2.52 bits per heavy atom. The van der Waals surface area contributed by atoms with E-state index >= 15 is 0 Å². The van der Waals surface area contributed by atoms with E-state index in [0.29, 0.717) is 11.5 Å². The third-order valence-electron chi connectivity index (χ3n) is 5.02. The van der Waals surface area contributed by atoms with Crippen LogP contribution >= 0.6 is 0 Å². The zero-order valence-electron chi connectivity index (χ0n) is 14.5. The van der Waals surface area contributed by atoms with Gasteiger partial charge in [-0.25, -0.2) is 4.79 Å². The first-order valence-electron chi connectivity index (χ1n) is 8.64. The van der Waals surface area contributed by atoms with E-state index in [2.05, 4.69) is 26.1 Å². The van der Waals surface area contributed by atoms with Gasteiger partial charge in [-0.1, -0.05) is 38.8 Å². The van der Waals surface area contributed by atoms with Crippen LogP contribution in [-0.2, 0) is 4.79 Å². The van der Waals surface area contributed by atoms with Crippen molar-refractivity contribution in [1.82, 2.24) is 0 Å². The smallest absolute Gasteiger partial charge is 0.328 e. The van der Waals surface area contributed by atoms with Gasteiger partial charge in [-0.15, -0.1) is 0 Å². The summed E-state index contributed by atoms with van der Waals surface area (Å²) in [5.41, 5.74) is 2.46. The van der Waals surface area contributed by atoms with E-state index < -0.39 is 5.97 Å². The van der Waals surface area contributed by atoms with Crippen molar-refractivity contribution in [2.75, 3.05) is 5.32 Å². The minimum Gasteiger partial charge on any atom is -0.478 e. The van der Waals surface area contributed by atoms with Crippen LogP contribution in [0.5, 0.6) is 0 Å². The average molecular weight is 315 g/mol. The first kappa shape index (κ1) is 17.6. The van der Waals surface area contributed by atoms with E-state index in [1.165, 1.54) is 32.1 Å². The molecule has 1 atom stereocenters. The highest BCUT2D eigenvalue weighted by molar-refractivity contribution is 5.85. The van der Waals surface area contributed by atoms with Crippen molar-refractivity contribution < 1.29 is 9.90 Å². The van der Waals surface area contributed by atoms with Crippen LogP contribution in [-0.4, -0.2) is 17.1 Å². The Labute approximate surface area is 139 Å². The van der Waals surface area contributed by atoms with E-state index in [1.807, 2.05) is 24.3 Å². The Morgan fingerprint density at radius 2 is 1.96 bits per heavy atom. The number of nitrogens with one attached hydrogen (secondary N) is 1. The summed E-state index contributed by atoms with van der Waals surface area (Å²) in [5, 5.41) is 12.2. The summed E-state index contributed by atoms with van der Waals surface area (Å²) in [6.45, 7) is 7.04. The van der Waals surface area contributed by atoms with Gasteiger partial charge in [-0.2, -0.15) is 0 Å². The Hall–Kier alpha value is -1.77. The molecule has 1 aliphatic carbocycles. The molecule has 1 saturated carbocycles. The summed E-state index contributed by atoms with van der Waals surface area (Å²) in [4.78, 5) is 10.5. The number of carboxylic acid groups (broad SMARTS) is 1. The molecule has 0 spiro atoms. The van der Waals surface area contributed by atoms with Crippen molar-refractivity contribution in [2.45, 2.75) is 58.9 Å². The number of hydrogen-bond donors (Lipinski definition) is 2. The van der Waals surface area contributed by atoms with Crippen molar-refractivity contribution >= 4 is 17.7 Å². The Bertz CT molecular complexity index is 539. The highest BCUT2D eigenvalue weighted by atomic mass is 16.4. The zero-order valence-corrected chi connectivity index (χ0v) is 14.5. The number of anilines is 1. The second-order valence-electron chi connectivity index (χ2n) is 7.54. The number of carboxylic acids is 1. The molecular formula is C20H29NO2. The lowest BCUT2D eigenvalue weighted by Crippen LogP contribution is -2.30. The van der Waals surface area contributed by atoms with Crippen molar-refractivity contribution in [3.05, 3.63) is 35.9 Å². The highest BCUT2D eigenvalue weighted by Gasteiger charge is 2.30. The molecule has 126 valence electrons. The Kier molecular flexibility index (Phi) is 5.86. The largest absolute Gasteiger partial charge is 0.478 e. The monoisotopic (exact) mass is 315 g/mol. The molecule has 0 radical (unpaired) electrons. The van der Waals surface area contributed by atoms with Gasteiger partial charge >= 0.3 is 5.97 Å². The number of rotatable bonds is 6. The summed E-state index contributed by atoms with van der Waals surface area (Å²) < 4.78 is 0. The Morgan fingerprint density at radius 1 is 1.35 bits per heavy atom. The van der Waals surface area contributed by atoms with E-state index in [0.717, 1.165) is 23.2 Å². The fourth-order valence-electron chi connectivity index (χ4n) is 3.60. The molecule has 1 aliphatic rings. The van der Waals surface area contributed by atoms with Crippen LogP contribution in [0.4, 0.5) is 5.69 Å². The number of benzene rings is 1. The van der Waals surface area contributed by atoms with Crippen molar-refractivity contribution in [3.8, 4) is 0 Å². The van der Waals surface area contributed by atoms with Crippen LogP contribution in [0.2, 0.25) is 0 Å². The lowest BCUT2D eigenvalue weighted by molar-refractivity contribution is -0.131. The summed E-state index contributed by atoms with van der Waals surface area (Å²) in [6.07, 6.45) is 9.34. The molecule has 2 rings (SSSR count). The quantitative estimate of drug-likeness (QED) is 0.710. The Balaban J connectivity index is 1.87. The topological polar surface area (TPSA) is 49.3 Å². The molecule has 2 N–H and O–H groups in total. The second-order valence-corrected chi connectivity index (χ2v) is 7.54. The van der Waals surface area contributed by atoms with Crippen molar-refractivity contribution in [3.63, 3.8) is 0 Å². The van der Waals surface area contributed by atoms with Gasteiger partial charge < -0.3 is 10.4 Å². The molecule has 1 aromatic carbocycles. The van der Waals surface area contributed by atoms with E-state index in [-0.39, 0.29) is 0 Å². The number of aliphatic carboxylic acids is 1. The average Bonchev–Trinajstić information content (AvgIpc) is 2.49. The van der Waals surface area contributed by atoms with Gasteiger partial charge in [0.1, 0.15) is 0 Å². The molecule has 3 nitrogen and oxygen atoms in total. The lowest BCUT2D eigenvalue weighted by Gasteiger charge is -2.38. The maximum absolute atomic E-state index is 10.5. The van der Waals surface area contributed by atoms with Gasteiger partial charge in [-0.05, 0) is 61.3 Å². The predicted octanol–water partition coefficient (Wildman–Crippen LogP) is 5.19. The maximum Gasteiger partial charge on any atom is 0.328 e. The molecule has 1 unspecified atom stereocenters. The van der Waals surface area contributed by atoms with Crippen molar-refractivity contribution in [1.29, 1.82) is 0 Å². The number of carbonyl (C=O) groups is 1. The number of hydrogen-bond acceptors (Lipinski definition) is 2. The van der Waals surface area contributed by atoms with Gasteiger partial charge in [-0.3, -0.25) is 0 Å². The van der Waals surface area contributed by atoms with Crippen LogP contribution in [0.25, 0.3) is 6.08 Å². The highest BCUT2D eigenvalue weighted by Crippen LogP contribution is 2.42. The van der Waals surface area contributed by atoms with Gasteiger partial charge in [0.2, 0.25) is 0 Å². The predicted molar refractivity (Wildman–Crippen MR) is 96.6 cm³/mol. The van der Waals surface area contributed by atoms with Crippen molar-refractivity contribution in [2.24, 2.45) is 11.3 Å². The van der Waals surface area contributed by atoms with E-state index in [9.17, 15) is 4.79 Å². The van der Waals surface area contributed by atoms with Crippen LogP contribution < -0.4 is 5.32 Å². The minimum atomic E-state index is -0.920. The summed E-state index contributed by atoms with van der Waals surface area (Å²) >= 11 is 0.